The Balaban J connectivity index is 1.52. The van der Waals surface area contributed by atoms with Gasteiger partial charge in [0.1, 0.15) is 0 Å². The highest BCUT2D eigenvalue weighted by atomic mass is 19.4. The third kappa shape index (κ3) is 6.28. The van der Waals surface area contributed by atoms with Crippen LogP contribution in [0.3, 0.4) is 0 Å². The molecular formula is C29H35F3N4O. The second kappa shape index (κ2) is 11.6. The summed E-state index contributed by atoms with van der Waals surface area (Å²) < 4.78 is 39.4. The second-order valence-electron chi connectivity index (χ2n) is 10.6. The molecule has 0 bridgehead atoms. The Morgan fingerprint density at radius 1 is 1.16 bits per heavy atom. The number of carbonyl (C=O) groups is 1. The molecule has 37 heavy (non-hydrogen) atoms. The summed E-state index contributed by atoms with van der Waals surface area (Å²) in [5.41, 5.74) is 5.03. The van der Waals surface area contributed by atoms with E-state index in [0.29, 0.717) is 23.0 Å². The van der Waals surface area contributed by atoms with E-state index in [0.717, 1.165) is 68.5 Å². The number of aromatic nitrogens is 1. The number of nitrogens with zero attached hydrogens (tertiary/aromatic N) is 2. The summed E-state index contributed by atoms with van der Waals surface area (Å²) in [5.74, 6) is 1.08. The van der Waals surface area contributed by atoms with Gasteiger partial charge < -0.3 is 5.41 Å². The van der Waals surface area contributed by atoms with Gasteiger partial charge in [0.15, 0.2) is 0 Å². The Hall–Kier alpha value is -3.03. The first-order chi connectivity index (χ1) is 17.7. The number of carbonyl (C=O) groups excluding carboxylic acids is 1. The van der Waals surface area contributed by atoms with Gasteiger partial charge in [-0.2, -0.15) is 18.3 Å². The molecule has 5 nitrogen and oxygen atoms in total. The number of fused-ring (bicyclic) bond motifs is 1. The van der Waals surface area contributed by atoms with Gasteiger partial charge in [-0.25, -0.2) is 5.43 Å². The Kier molecular flexibility index (Phi) is 8.45. The molecule has 1 amide bonds. The zero-order chi connectivity index (χ0) is 26.6. The molecule has 1 aliphatic carbocycles. The maximum absolute atomic E-state index is 13.1. The quantitative estimate of drug-likeness (QED) is 0.283. The van der Waals surface area contributed by atoms with Crippen LogP contribution in [0.1, 0.15) is 63.6 Å². The van der Waals surface area contributed by atoms with Crippen molar-refractivity contribution < 1.29 is 18.0 Å². The summed E-state index contributed by atoms with van der Waals surface area (Å²) >= 11 is 0. The van der Waals surface area contributed by atoms with Crippen LogP contribution in [-0.2, 0) is 17.4 Å². The fourth-order valence-corrected chi connectivity index (χ4v) is 6.36. The molecule has 5 atom stereocenters. The van der Waals surface area contributed by atoms with Crippen LogP contribution in [0.5, 0.6) is 0 Å². The summed E-state index contributed by atoms with van der Waals surface area (Å²) in [6, 6.07) is 9.05. The summed E-state index contributed by atoms with van der Waals surface area (Å²) in [6.45, 7) is 4.23. The van der Waals surface area contributed by atoms with Crippen LogP contribution in [0.25, 0.3) is 11.1 Å². The van der Waals surface area contributed by atoms with Crippen LogP contribution in [0.15, 0.2) is 47.7 Å². The van der Waals surface area contributed by atoms with Crippen LogP contribution in [-0.4, -0.2) is 22.8 Å². The van der Waals surface area contributed by atoms with E-state index in [4.69, 9.17) is 5.41 Å². The minimum atomic E-state index is -4.38. The van der Waals surface area contributed by atoms with Crippen molar-refractivity contribution in [3.8, 4) is 11.1 Å². The maximum Gasteiger partial charge on any atom is 0.416 e. The molecule has 0 saturated heterocycles. The van der Waals surface area contributed by atoms with E-state index in [1.165, 1.54) is 12.3 Å². The summed E-state index contributed by atoms with van der Waals surface area (Å²) in [4.78, 5) is 17.3. The number of pyridine rings is 1. The molecule has 0 radical (unpaired) electrons. The van der Waals surface area contributed by atoms with E-state index < -0.39 is 11.7 Å². The third-order valence-corrected chi connectivity index (χ3v) is 8.11. The fourth-order valence-electron chi connectivity index (χ4n) is 6.36. The number of alkyl halides is 3. The normalized spacial score (nSPS) is 24.6. The number of hydrogen-bond acceptors (Lipinski definition) is 4. The number of unbranched alkanes of at least 4 members (excludes halogenated alkanes) is 2. The molecule has 2 aromatic rings. The zero-order valence-corrected chi connectivity index (χ0v) is 21.4. The molecule has 1 unspecified atom stereocenters. The monoisotopic (exact) mass is 512 g/mol. The van der Waals surface area contributed by atoms with Crippen molar-refractivity contribution in [3.05, 3.63) is 53.9 Å². The van der Waals surface area contributed by atoms with Gasteiger partial charge in [-0.15, -0.1) is 0 Å². The van der Waals surface area contributed by atoms with Crippen LogP contribution in [0, 0.1) is 35.0 Å². The molecule has 2 aliphatic rings. The van der Waals surface area contributed by atoms with Crippen molar-refractivity contribution >= 4 is 17.8 Å². The van der Waals surface area contributed by atoms with E-state index in [2.05, 4.69) is 22.4 Å². The lowest BCUT2D eigenvalue weighted by atomic mass is 9.59. The molecule has 0 spiro atoms. The Labute approximate surface area is 216 Å². The molecule has 2 N–H and O–H groups in total. The van der Waals surface area contributed by atoms with E-state index in [1.807, 2.05) is 19.1 Å². The van der Waals surface area contributed by atoms with Gasteiger partial charge in [-0.3, -0.25) is 9.78 Å². The van der Waals surface area contributed by atoms with Crippen molar-refractivity contribution in [1.29, 1.82) is 5.41 Å². The highest BCUT2D eigenvalue weighted by Crippen LogP contribution is 2.47. The van der Waals surface area contributed by atoms with Crippen LogP contribution in [0.4, 0.5) is 13.2 Å². The number of hydrazone groups is 1. The Morgan fingerprint density at radius 3 is 2.68 bits per heavy atom. The Bertz CT molecular complexity index is 1130. The van der Waals surface area contributed by atoms with Crippen molar-refractivity contribution in [2.45, 2.75) is 65.0 Å². The molecule has 1 aromatic heterocycles. The topological polar surface area (TPSA) is 78.2 Å². The minimum absolute atomic E-state index is 0.0126. The number of hydrogen-bond donors (Lipinski definition) is 2. The van der Waals surface area contributed by atoms with E-state index in [-0.39, 0.29) is 23.7 Å². The van der Waals surface area contributed by atoms with Gasteiger partial charge in [-0.05, 0) is 86.8 Å². The number of nitrogens with one attached hydrogen (secondary N) is 2. The van der Waals surface area contributed by atoms with Crippen molar-refractivity contribution in [1.82, 2.24) is 10.4 Å². The number of amides is 1. The lowest BCUT2D eigenvalue weighted by molar-refractivity contribution is -0.137. The van der Waals surface area contributed by atoms with Gasteiger partial charge in [-0.1, -0.05) is 38.0 Å². The summed E-state index contributed by atoms with van der Waals surface area (Å²) in [6.07, 6.45) is 5.26. The molecule has 198 valence electrons. The molecule has 1 aromatic carbocycles. The van der Waals surface area contributed by atoms with Crippen molar-refractivity contribution in [2.75, 3.05) is 0 Å². The minimum Gasteiger partial charge on any atom is -0.313 e. The zero-order valence-electron chi connectivity index (χ0n) is 21.4. The van der Waals surface area contributed by atoms with Crippen molar-refractivity contribution in [3.63, 3.8) is 0 Å². The predicted octanol–water partition coefficient (Wildman–Crippen LogP) is 6.92. The lowest BCUT2D eigenvalue weighted by Crippen LogP contribution is -2.50. The van der Waals surface area contributed by atoms with E-state index in [1.54, 1.807) is 12.3 Å². The number of benzene rings is 1. The van der Waals surface area contributed by atoms with E-state index >= 15 is 0 Å². The fraction of sp³-hybridized carbons (Fsp3) is 0.517. The van der Waals surface area contributed by atoms with Crippen molar-refractivity contribution in [2.24, 2.45) is 34.7 Å². The van der Waals surface area contributed by atoms with Gasteiger partial charge in [0.2, 0.25) is 5.91 Å². The number of halogens is 3. The summed E-state index contributed by atoms with van der Waals surface area (Å²) in [5, 5.41) is 11.6. The second-order valence-corrected chi connectivity index (χ2v) is 10.6. The Morgan fingerprint density at radius 2 is 1.97 bits per heavy atom. The van der Waals surface area contributed by atoms with Gasteiger partial charge >= 0.3 is 6.18 Å². The highest BCUT2D eigenvalue weighted by molar-refractivity contribution is 5.95. The molecule has 1 saturated carbocycles. The average Bonchev–Trinajstić information content (AvgIpc) is 2.88. The molecule has 1 aliphatic heterocycles. The highest BCUT2D eigenvalue weighted by Gasteiger charge is 2.47. The largest absolute Gasteiger partial charge is 0.416 e. The van der Waals surface area contributed by atoms with Crippen LogP contribution < -0.4 is 5.43 Å². The number of rotatable bonds is 9. The SMILES string of the molecule is CC1=NNC(=O)[C@@H]2CC[C@@H](CCCCC=N)[C@H](C(C)Cc3ccc(-c4cccc(C(F)(F)F)c4)cn3)[C@@H]12. The molecule has 1 fully saturated rings. The first-order valence-electron chi connectivity index (χ1n) is 13.1. The molecule has 4 rings (SSSR count). The standard InChI is InChI=1S/C29H35F3N4O/c1-18(15-24-12-10-22(17-34-24)21-8-6-9-23(16-21)29(30,31)32)26-20(7-4-3-5-14-33)11-13-25-27(26)19(2)35-36-28(25)37/h6,8-10,12,14,16-18,20,25-27,33H,3-5,7,11,13,15H2,1-2H3,(H,36,37)/t18?,20-,25-,26+,27+/m1/s1. The lowest BCUT2D eigenvalue weighted by Gasteiger charge is -2.47. The van der Waals surface area contributed by atoms with Gasteiger partial charge in [0.25, 0.3) is 0 Å². The first-order valence-corrected chi connectivity index (χ1v) is 13.1. The average molecular weight is 513 g/mol. The maximum atomic E-state index is 13.1. The smallest absolute Gasteiger partial charge is 0.313 e. The van der Waals surface area contributed by atoms with Crippen LogP contribution in [0.2, 0.25) is 0 Å². The van der Waals surface area contributed by atoms with E-state index in [9.17, 15) is 18.0 Å². The first kappa shape index (κ1) is 27.0. The molecule has 2 heterocycles. The van der Waals surface area contributed by atoms with Crippen LogP contribution >= 0.6 is 0 Å². The molecule has 8 heteroatoms. The van der Waals surface area contributed by atoms with Gasteiger partial charge in [0.05, 0.1) is 5.56 Å². The van der Waals surface area contributed by atoms with Gasteiger partial charge in [0, 0.05) is 35.0 Å². The molecular weight excluding hydrogens is 477 g/mol. The third-order valence-electron chi connectivity index (χ3n) is 8.11. The predicted molar refractivity (Wildman–Crippen MR) is 139 cm³/mol. The summed E-state index contributed by atoms with van der Waals surface area (Å²) in [7, 11) is 0.